The zero-order chi connectivity index (χ0) is 18.5. The van der Waals surface area contributed by atoms with Crippen LogP contribution in [0.2, 0.25) is 0 Å². The van der Waals surface area contributed by atoms with Crippen LogP contribution < -0.4 is 14.8 Å². The Bertz CT molecular complexity index is 872. The minimum Gasteiger partial charge on any atom is -0.490 e. The summed E-state index contributed by atoms with van der Waals surface area (Å²) in [5.74, 6) is 1.40. The van der Waals surface area contributed by atoms with E-state index in [4.69, 9.17) is 9.47 Å². The van der Waals surface area contributed by atoms with Crippen LogP contribution in [0.5, 0.6) is 11.5 Å². The fourth-order valence-electron chi connectivity index (χ4n) is 2.68. The minimum absolute atomic E-state index is 0.0968. The molecule has 0 aliphatic heterocycles. The summed E-state index contributed by atoms with van der Waals surface area (Å²) in [6.45, 7) is 5.62. The predicted molar refractivity (Wildman–Crippen MR) is 109 cm³/mol. The number of aromatic nitrogens is 1. The molecule has 0 aliphatic carbocycles. The number of ether oxygens (including phenoxy) is 2. The topological polar surface area (TPSA) is 63.3 Å². The van der Waals surface area contributed by atoms with E-state index < -0.39 is 0 Å². The molecule has 0 saturated heterocycles. The van der Waals surface area contributed by atoms with Crippen LogP contribution in [0.15, 0.2) is 34.1 Å². The molecule has 0 atom stereocenters. The average molecular weight is 437 g/mol. The van der Waals surface area contributed by atoms with Crippen LogP contribution in [-0.2, 0) is 6.42 Å². The van der Waals surface area contributed by atoms with Gasteiger partial charge in [-0.2, -0.15) is 0 Å². The number of thiophene rings is 1. The van der Waals surface area contributed by atoms with Crippen LogP contribution in [0, 0.1) is 0 Å². The largest absolute Gasteiger partial charge is 0.490 e. The van der Waals surface area contributed by atoms with Crippen LogP contribution in [-0.4, -0.2) is 30.6 Å². The van der Waals surface area contributed by atoms with Gasteiger partial charge in [0.05, 0.1) is 27.2 Å². The quantitative estimate of drug-likeness (QED) is 0.534. The first kappa shape index (κ1) is 18.8. The van der Waals surface area contributed by atoms with Gasteiger partial charge in [0.25, 0.3) is 5.91 Å². The van der Waals surface area contributed by atoms with Gasteiger partial charge < -0.3 is 19.8 Å². The Labute approximate surface area is 164 Å². The molecule has 3 aromatic rings. The first-order valence-corrected chi connectivity index (χ1v) is 10.2. The Morgan fingerprint density at radius 2 is 1.92 bits per heavy atom. The molecule has 0 saturated carbocycles. The van der Waals surface area contributed by atoms with Crippen LogP contribution in [0.4, 0.5) is 0 Å². The number of hydrogen-bond donors (Lipinski definition) is 2. The van der Waals surface area contributed by atoms with E-state index >= 15 is 0 Å². The third-order valence-corrected chi connectivity index (χ3v) is 5.41. The van der Waals surface area contributed by atoms with Gasteiger partial charge in [0.15, 0.2) is 11.5 Å². The fourth-order valence-corrected chi connectivity index (χ4v) is 4.22. The lowest BCUT2D eigenvalue weighted by Gasteiger charge is -2.12. The van der Waals surface area contributed by atoms with E-state index in [2.05, 4.69) is 26.2 Å². The lowest BCUT2D eigenvalue weighted by atomic mass is 10.1. The Balaban J connectivity index is 1.58. The number of aromatic amines is 1. The smallest absolute Gasteiger partial charge is 0.267 e. The number of amides is 1. The molecule has 0 spiro atoms. The average Bonchev–Trinajstić information content (AvgIpc) is 3.15. The molecule has 2 N–H and O–H groups in total. The number of fused-ring (bicyclic) bond motifs is 1. The van der Waals surface area contributed by atoms with E-state index in [1.165, 1.54) is 0 Å². The first-order chi connectivity index (χ1) is 12.6. The van der Waals surface area contributed by atoms with Crippen molar-refractivity contribution in [2.45, 2.75) is 20.3 Å². The minimum atomic E-state index is -0.0968. The molecule has 2 heterocycles. The molecule has 1 aromatic carbocycles. The van der Waals surface area contributed by atoms with Crippen LogP contribution in [0.3, 0.4) is 0 Å². The van der Waals surface area contributed by atoms with Crippen molar-refractivity contribution in [3.05, 3.63) is 45.4 Å². The number of carbonyl (C=O) groups is 1. The highest BCUT2D eigenvalue weighted by Crippen LogP contribution is 2.30. The summed E-state index contributed by atoms with van der Waals surface area (Å²) in [6.07, 6.45) is 0.721. The Morgan fingerprint density at radius 3 is 2.65 bits per heavy atom. The lowest BCUT2D eigenvalue weighted by Crippen LogP contribution is -2.25. The van der Waals surface area contributed by atoms with Crippen molar-refractivity contribution in [3.63, 3.8) is 0 Å². The third-order valence-electron chi connectivity index (χ3n) is 3.83. The highest BCUT2D eigenvalue weighted by atomic mass is 79.9. The second-order valence-electron chi connectivity index (χ2n) is 5.66. The monoisotopic (exact) mass is 436 g/mol. The van der Waals surface area contributed by atoms with Crippen molar-refractivity contribution in [1.29, 1.82) is 0 Å². The fraction of sp³-hybridized carbons (Fsp3) is 0.316. The van der Waals surface area contributed by atoms with Crippen molar-refractivity contribution in [1.82, 2.24) is 10.3 Å². The van der Waals surface area contributed by atoms with Gasteiger partial charge in [0.2, 0.25) is 0 Å². The summed E-state index contributed by atoms with van der Waals surface area (Å²) < 4.78 is 13.3. The molecule has 138 valence electrons. The predicted octanol–water partition coefficient (Wildman–Crippen LogP) is 4.76. The number of rotatable bonds is 8. The summed E-state index contributed by atoms with van der Waals surface area (Å²) in [5, 5.41) is 2.95. The maximum absolute atomic E-state index is 12.3. The molecular formula is C19H21BrN2O3S. The van der Waals surface area contributed by atoms with Gasteiger partial charge in [-0.25, -0.2) is 0 Å². The van der Waals surface area contributed by atoms with E-state index in [0.717, 1.165) is 37.5 Å². The summed E-state index contributed by atoms with van der Waals surface area (Å²) >= 11 is 5.05. The zero-order valence-corrected chi connectivity index (χ0v) is 17.1. The summed E-state index contributed by atoms with van der Waals surface area (Å²) in [6, 6.07) is 9.75. The van der Waals surface area contributed by atoms with Gasteiger partial charge in [-0.05, 0) is 66.0 Å². The van der Waals surface area contributed by atoms with Crippen molar-refractivity contribution in [2.24, 2.45) is 0 Å². The SMILES string of the molecule is CCOc1ccc(CCNC(=O)c2cc3sc(Br)cc3[nH]2)cc1OCC. The molecule has 1 amide bonds. The molecule has 7 heteroatoms. The van der Waals surface area contributed by atoms with Crippen molar-refractivity contribution in [3.8, 4) is 11.5 Å². The Hall–Kier alpha value is -1.99. The number of benzene rings is 1. The standard InChI is InChI=1S/C19H21BrN2O3S/c1-3-24-15-6-5-12(9-16(15)25-4-2)7-8-21-19(23)14-10-17-13(22-14)11-18(20)26-17/h5-6,9-11,22H,3-4,7-8H2,1-2H3,(H,21,23). The van der Waals surface area contributed by atoms with Crippen LogP contribution in [0.25, 0.3) is 10.2 Å². The highest BCUT2D eigenvalue weighted by molar-refractivity contribution is 9.11. The van der Waals surface area contributed by atoms with Crippen molar-refractivity contribution < 1.29 is 14.3 Å². The molecule has 0 unspecified atom stereocenters. The third kappa shape index (κ3) is 4.40. The molecule has 0 fully saturated rings. The highest BCUT2D eigenvalue weighted by Gasteiger charge is 2.11. The molecular weight excluding hydrogens is 416 g/mol. The van der Waals surface area contributed by atoms with Crippen LogP contribution >= 0.6 is 27.3 Å². The first-order valence-electron chi connectivity index (χ1n) is 8.55. The number of hydrogen-bond acceptors (Lipinski definition) is 4. The van der Waals surface area contributed by atoms with Gasteiger partial charge >= 0.3 is 0 Å². The molecule has 3 rings (SSSR count). The number of halogens is 1. The number of nitrogens with one attached hydrogen (secondary N) is 2. The van der Waals surface area contributed by atoms with E-state index in [9.17, 15) is 4.79 Å². The second kappa shape index (κ2) is 8.60. The molecule has 0 radical (unpaired) electrons. The van der Waals surface area contributed by atoms with Crippen molar-refractivity contribution in [2.75, 3.05) is 19.8 Å². The molecule has 5 nitrogen and oxygen atoms in total. The van der Waals surface area contributed by atoms with E-state index in [1.807, 2.05) is 44.2 Å². The van der Waals surface area contributed by atoms with Gasteiger partial charge in [-0.1, -0.05) is 6.07 Å². The van der Waals surface area contributed by atoms with Gasteiger partial charge in [0.1, 0.15) is 5.69 Å². The van der Waals surface area contributed by atoms with E-state index in [-0.39, 0.29) is 5.91 Å². The molecule has 0 bridgehead atoms. The maximum atomic E-state index is 12.3. The lowest BCUT2D eigenvalue weighted by molar-refractivity contribution is 0.0950. The van der Waals surface area contributed by atoms with E-state index in [1.54, 1.807) is 11.3 Å². The van der Waals surface area contributed by atoms with Crippen molar-refractivity contribution >= 4 is 43.4 Å². The van der Waals surface area contributed by atoms with Gasteiger partial charge in [-0.3, -0.25) is 4.79 Å². The Morgan fingerprint density at radius 1 is 1.15 bits per heavy atom. The van der Waals surface area contributed by atoms with E-state index in [0.29, 0.717) is 25.5 Å². The Kier molecular flexibility index (Phi) is 6.21. The van der Waals surface area contributed by atoms with Gasteiger partial charge in [-0.15, -0.1) is 11.3 Å². The molecule has 2 aromatic heterocycles. The zero-order valence-electron chi connectivity index (χ0n) is 14.7. The number of H-pyrrole nitrogens is 1. The molecule has 26 heavy (non-hydrogen) atoms. The molecule has 0 aliphatic rings. The summed E-state index contributed by atoms with van der Waals surface area (Å²) in [4.78, 5) is 15.4. The van der Waals surface area contributed by atoms with Gasteiger partial charge in [0, 0.05) is 6.54 Å². The van der Waals surface area contributed by atoms with Crippen LogP contribution in [0.1, 0.15) is 29.9 Å². The second-order valence-corrected chi connectivity index (χ2v) is 8.13. The normalized spacial score (nSPS) is 10.9. The maximum Gasteiger partial charge on any atom is 0.267 e. The number of carbonyl (C=O) groups excluding carboxylic acids is 1. The summed E-state index contributed by atoms with van der Waals surface area (Å²) in [5.41, 5.74) is 2.65. The summed E-state index contributed by atoms with van der Waals surface area (Å²) in [7, 11) is 0.